The van der Waals surface area contributed by atoms with Crippen LogP contribution >= 0.6 is 11.8 Å². The highest BCUT2D eigenvalue weighted by molar-refractivity contribution is 7.99. The Bertz CT molecular complexity index is 890. The zero-order valence-corrected chi connectivity index (χ0v) is 16.7. The first-order chi connectivity index (χ1) is 13.0. The number of nitrogens with one attached hydrogen (secondary N) is 2. The predicted molar refractivity (Wildman–Crippen MR) is 106 cm³/mol. The minimum Gasteiger partial charge on any atom is -0.496 e. The Balaban J connectivity index is 1.60. The van der Waals surface area contributed by atoms with Gasteiger partial charge in [-0.25, -0.2) is 8.42 Å². The number of hydrogen-bond donors (Lipinski definition) is 2. The Morgan fingerprint density at radius 3 is 2.78 bits per heavy atom. The van der Waals surface area contributed by atoms with Gasteiger partial charge in [0.2, 0.25) is 10.0 Å². The van der Waals surface area contributed by atoms with Gasteiger partial charge in [0.15, 0.2) is 0 Å². The van der Waals surface area contributed by atoms with Crippen LogP contribution in [0.5, 0.6) is 5.75 Å². The van der Waals surface area contributed by atoms with Crippen LogP contribution in [0, 0.1) is 0 Å². The number of nitrogens with zero attached hydrogens (tertiary/aromatic N) is 1. The van der Waals surface area contributed by atoms with Crippen molar-refractivity contribution < 1.29 is 17.9 Å². The first-order valence-corrected chi connectivity index (χ1v) is 11.3. The van der Waals surface area contributed by atoms with Gasteiger partial charge in [-0.15, -0.1) is 0 Å². The first-order valence-electron chi connectivity index (χ1n) is 8.69. The molecule has 27 heavy (non-hydrogen) atoms. The number of aromatic amines is 1. The second kappa shape index (κ2) is 8.81. The molecule has 3 rings (SSSR count). The number of rotatable bonds is 7. The lowest BCUT2D eigenvalue weighted by molar-refractivity contribution is 0.0949. The molecule has 2 aromatic rings. The Morgan fingerprint density at radius 2 is 2.04 bits per heavy atom. The molecule has 1 aromatic carbocycles. The molecule has 1 fully saturated rings. The summed E-state index contributed by atoms with van der Waals surface area (Å²) in [7, 11) is -1.94. The molecule has 0 aliphatic carbocycles. The van der Waals surface area contributed by atoms with Crippen LogP contribution in [0.15, 0.2) is 41.4 Å². The van der Waals surface area contributed by atoms with Gasteiger partial charge in [0.1, 0.15) is 16.3 Å². The average molecular weight is 410 g/mol. The minimum atomic E-state index is -3.55. The van der Waals surface area contributed by atoms with Gasteiger partial charge in [0.25, 0.3) is 5.91 Å². The maximum absolute atomic E-state index is 12.6. The fourth-order valence-electron chi connectivity index (χ4n) is 2.91. The quantitative estimate of drug-likeness (QED) is 0.727. The lowest BCUT2D eigenvalue weighted by Gasteiger charge is -2.24. The molecular weight excluding hydrogens is 386 g/mol. The van der Waals surface area contributed by atoms with Gasteiger partial charge < -0.3 is 15.0 Å². The molecule has 1 amide bonds. The van der Waals surface area contributed by atoms with E-state index in [9.17, 15) is 13.2 Å². The van der Waals surface area contributed by atoms with Crippen LogP contribution in [0.25, 0.3) is 0 Å². The zero-order chi connectivity index (χ0) is 19.3. The van der Waals surface area contributed by atoms with Crippen molar-refractivity contribution in [3.8, 4) is 5.75 Å². The lowest BCUT2D eigenvalue weighted by atomic mass is 10.1. The monoisotopic (exact) mass is 409 g/mol. The van der Waals surface area contributed by atoms with Gasteiger partial charge >= 0.3 is 0 Å². The highest BCUT2D eigenvalue weighted by Crippen LogP contribution is 2.21. The molecule has 1 aliphatic rings. The second-order valence-electron chi connectivity index (χ2n) is 6.08. The van der Waals surface area contributed by atoms with E-state index in [1.54, 1.807) is 18.9 Å². The predicted octanol–water partition coefficient (Wildman–Crippen LogP) is 1.73. The van der Waals surface area contributed by atoms with Crippen molar-refractivity contribution in [1.82, 2.24) is 14.6 Å². The molecule has 0 radical (unpaired) electrons. The standard InChI is InChI=1S/C18H23N3O4S2/c1-25-17-5-3-2-4-14(17)6-7-19-18(22)16-12-15(13-20-16)27(23,24)21-8-10-26-11-9-21/h2-5,12-13,20H,6-11H2,1H3,(H,19,22). The largest absolute Gasteiger partial charge is 0.496 e. The van der Waals surface area contributed by atoms with Crippen LogP contribution in [0.1, 0.15) is 16.1 Å². The number of sulfonamides is 1. The number of carbonyl (C=O) groups is 1. The molecule has 0 spiro atoms. The third-order valence-corrected chi connectivity index (χ3v) is 7.20. The van der Waals surface area contributed by atoms with Crippen LogP contribution in [0.3, 0.4) is 0 Å². The third-order valence-electron chi connectivity index (χ3n) is 4.38. The molecule has 1 saturated heterocycles. The maximum atomic E-state index is 12.6. The van der Waals surface area contributed by atoms with E-state index >= 15 is 0 Å². The van der Waals surface area contributed by atoms with Crippen molar-refractivity contribution in [2.45, 2.75) is 11.3 Å². The van der Waals surface area contributed by atoms with Crippen LogP contribution in [0.4, 0.5) is 0 Å². The lowest BCUT2D eigenvalue weighted by Crippen LogP contribution is -2.37. The number of ether oxygens (including phenoxy) is 1. The highest BCUT2D eigenvalue weighted by Gasteiger charge is 2.27. The molecule has 7 nitrogen and oxygen atoms in total. The van der Waals surface area contributed by atoms with E-state index in [0.29, 0.717) is 26.1 Å². The molecule has 2 heterocycles. The van der Waals surface area contributed by atoms with Crippen molar-refractivity contribution in [3.05, 3.63) is 47.8 Å². The summed E-state index contributed by atoms with van der Waals surface area (Å²) in [5.41, 5.74) is 1.23. The number of amides is 1. The van der Waals surface area contributed by atoms with E-state index in [2.05, 4.69) is 10.3 Å². The number of carbonyl (C=O) groups excluding carboxylic acids is 1. The molecule has 1 aliphatic heterocycles. The van der Waals surface area contributed by atoms with Gasteiger partial charge in [-0.2, -0.15) is 16.1 Å². The summed E-state index contributed by atoms with van der Waals surface area (Å²) in [5, 5.41) is 2.81. The number of benzene rings is 1. The molecule has 0 unspecified atom stereocenters. The molecule has 1 aromatic heterocycles. The SMILES string of the molecule is COc1ccccc1CCNC(=O)c1cc(S(=O)(=O)N2CCSCC2)c[nH]1. The summed E-state index contributed by atoms with van der Waals surface area (Å²) in [6.45, 7) is 1.42. The number of para-hydroxylation sites is 1. The number of H-pyrrole nitrogens is 1. The summed E-state index contributed by atoms with van der Waals surface area (Å²) in [4.78, 5) is 15.2. The maximum Gasteiger partial charge on any atom is 0.267 e. The van der Waals surface area contributed by atoms with Crippen LogP contribution in [-0.4, -0.2) is 61.9 Å². The van der Waals surface area contributed by atoms with Crippen LogP contribution in [0.2, 0.25) is 0 Å². The van der Waals surface area contributed by atoms with Gasteiger partial charge in [-0.05, 0) is 24.1 Å². The molecule has 2 N–H and O–H groups in total. The topological polar surface area (TPSA) is 91.5 Å². The Labute approximate surface area is 163 Å². The van der Waals surface area contributed by atoms with Gasteiger partial charge in [-0.1, -0.05) is 18.2 Å². The molecular formula is C18H23N3O4S2. The van der Waals surface area contributed by atoms with Crippen molar-refractivity contribution >= 4 is 27.7 Å². The van der Waals surface area contributed by atoms with Gasteiger partial charge in [0.05, 0.1) is 7.11 Å². The van der Waals surface area contributed by atoms with Gasteiger partial charge in [-0.3, -0.25) is 4.79 Å². The van der Waals surface area contributed by atoms with E-state index < -0.39 is 10.0 Å². The smallest absolute Gasteiger partial charge is 0.267 e. The van der Waals surface area contributed by atoms with Gasteiger partial charge in [0, 0.05) is 37.3 Å². The summed E-state index contributed by atoms with van der Waals surface area (Å²) < 4.78 is 32.1. The molecule has 0 bridgehead atoms. The van der Waals surface area contributed by atoms with E-state index in [1.807, 2.05) is 24.3 Å². The van der Waals surface area contributed by atoms with Crippen molar-refractivity contribution in [3.63, 3.8) is 0 Å². The van der Waals surface area contributed by atoms with E-state index in [1.165, 1.54) is 16.6 Å². The molecule has 9 heteroatoms. The number of hydrogen-bond acceptors (Lipinski definition) is 5. The average Bonchev–Trinajstić information content (AvgIpc) is 3.20. The zero-order valence-electron chi connectivity index (χ0n) is 15.1. The fraction of sp³-hybridized carbons (Fsp3) is 0.389. The normalized spacial score (nSPS) is 15.4. The summed E-state index contributed by atoms with van der Waals surface area (Å²) in [6.07, 6.45) is 2.00. The Kier molecular flexibility index (Phi) is 6.46. The second-order valence-corrected chi connectivity index (χ2v) is 9.25. The van der Waals surface area contributed by atoms with E-state index in [4.69, 9.17) is 4.74 Å². The highest BCUT2D eigenvalue weighted by atomic mass is 32.2. The third kappa shape index (κ3) is 4.66. The first kappa shape index (κ1) is 19.8. The molecule has 0 saturated carbocycles. The van der Waals surface area contributed by atoms with Crippen molar-refractivity contribution in [2.24, 2.45) is 0 Å². The minimum absolute atomic E-state index is 0.129. The fourth-order valence-corrected chi connectivity index (χ4v) is 5.48. The number of aromatic nitrogens is 1. The number of thioether (sulfide) groups is 1. The van der Waals surface area contributed by atoms with Crippen LogP contribution in [-0.2, 0) is 16.4 Å². The number of methoxy groups -OCH3 is 1. The van der Waals surface area contributed by atoms with Crippen molar-refractivity contribution in [1.29, 1.82) is 0 Å². The summed E-state index contributed by atoms with van der Waals surface area (Å²) in [6, 6.07) is 9.03. The summed E-state index contributed by atoms with van der Waals surface area (Å²) in [5.74, 6) is 2.03. The van der Waals surface area contributed by atoms with Crippen molar-refractivity contribution in [2.75, 3.05) is 38.2 Å². The van der Waals surface area contributed by atoms with E-state index in [0.717, 1.165) is 22.8 Å². The molecule has 0 atom stereocenters. The molecule has 146 valence electrons. The summed E-state index contributed by atoms with van der Waals surface area (Å²) >= 11 is 1.74. The van der Waals surface area contributed by atoms with E-state index in [-0.39, 0.29) is 16.5 Å². The Hall–Kier alpha value is -1.97. The van der Waals surface area contributed by atoms with Crippen LogP contribution < -0.4 is 10.1 Å². The Morgan fingerprint density at radius 1 is 1.30 bits per heavy atom.